The number of nitrogens with one attached hydrogen (secondary N) is 2. The third-order valence-electron chi connectivity index (χ3n) is 3.98. The third kappa shape index (κ3) is 3.65. The Labute approximate surface area is 149 Å². The van der Waals surface area contributed by atoms with Crippen molar-refractivity contribution in [3.63, 3.8) is 0 Å². The van der Waals surface area contributed by atoms with E-state index in [4.69, 9.17) is 0 Å². The third-order valence-corrected chi connectivity index (χ3v) is 5.49. The van der Waals surface area contributed by atoms with Crippen LogP contribution in [0.1, 0.15) is 11.1 Å². The van der Waals surface area contributed by atoms with Gasteiger partial charge in [-0.25, -0.2) is 17.9 Å². The summed E-state index contributed by atoms with van der Waals surface area (Å²) in [5.74, 6) is -0.453. The lowest BCUT2D eigenvalue weighted by Crippen LogP contribution is -2.15. The topological polar surface area (TPSA) is 91.9 Å². The van der Waals surface area contributed by atoms with E-state index >= 15 is 0 Å². The predicted octanol–water partition coefficient (Wildman–Crippen LogP) is 2.99. The van der Waals surface area contributed by atoms with Crippen LogP contribution >= 0.6 is 0 Å². The van der Waals surface area contributed by atoms with Crippen LogP contribution in [-0.2, 0) is 10.0 Å². The Morgan fingerprint density at radius 2 is 1.73 bits per heavy atom. The first-order chi connectivity index (χ1) is 12.3. The van der Waals surface area contributed by atoms with Gasteiger partial charge in [0.25, 0.3) is 15.6 Å². The van der Waals surface area contributed by atoms with E-state index in [-0.39, 0.29) is 16.1 Å². The Hall–Kier alpha value is -3.00. The molecule has 6 nitrogen and oxygen atoms in total. The zero-order valence-corrected chi connectivity index (χ0v) is 14.9. The number of H-pyrrole nitrogens is 1. The van der Waals surface area contributed by atoms with Gasteiger partial charge >= 0.3 is 0 Å². The lowest BCUT2D eigenvalue weighted by atomic mass is 10.0. The summed E-state index contributed by atoms with van der Waals surface area (Å²) in [5.41, 5.74) is 2.27. The molecule has 8 heteroatoms. The van der Waals surface area contributed by atoms with E-state index in [2.05, 4.69) is 14.9 Å². The predicted molar refractivity (Wildman–Crippen MR) is 97.0 cm³/mol. The number of nitrogens with zero attached hydrogens (tertiary/aromatic N) is 1. The summed E-state index contributed by atoms with van der Waals surface area (Å²) in [6.07, 6.45) is 0. The van der Waals surface area contributed by atoms with E-state index < -0.39 is 15.8 Å². The van der Waals surface area contributed by atoms with Crippen LogP contribution in [0, 0.1) is 19.7 Å². The van der Waals surface area contributed by atoms with E-state index in [9.17, 15) is 17.6 Å². The molecule has 3 aromatic rings. The van der Waals surface area contributed by atoms with E-state index in [1.807, 2.05) is 0 Å². The first kappa shape index (κ1) is 17.8. The maximum Gasteiger partial charge on any atom is 0.264 e. The van der Waals surface area contributed by atoms with Gasteiger partial charge in [0.15, 0.2) is 0 Å². The number of aromatic amines is 1. The van der Waals surface area contributed by atoms with Crippen molar-refractivity contribution in [1.82, 2.24) is 10.2 Å². The molecule has 2 aromatic carbocycles. The molecular formula is C18H16FN3O3S. The second-order valence-electron chi connectivity index (χ2n) is 5.84. The van der Waals surface area contributed by atoms with Gasteiger partial charge in [-0.3, -0.25) is 9.52 Å². The molecule has 0 fully saturated rings. The van der Waals surface area contributed by atoms with Crippen molar-refractivity contribution in [2.75, 3.05) is 4.72 Å². The minimum atomic E-state index is -3.89. The number of aryl methyl sites for hydroxylation is 1. The molecule has 1 aromatic heterocycles. The summed E-state index contributed by atoms with van der Waals surface area (Å²) in [6.45, 7) is 3.50. The van der Waals surface area contributed by atoms with Crippen molar-refractivity contribution >= 4 is 15.7 Å². The van der Waals surface area contributed by atoms with Crippen LogP contribution in [0.4, 0.5) is 10.1 Å². The second-order valence-corrected chi connectivity index (χ2v) is 7.49. The van der Waals surface area contributed by atoms with E-state index in [0.717, 1.165) is 5.56 Å². The number of halogens is 1. The van der Waals surface area contributed by atoms with Crippen molar-refractivity contribution in [1.29, 1.82) is 0 Å². The van der Waals surface area contributed by atoms with Crippen LogP contribution in [0.2, 0.25) is 0 Å². The highest BCUT2D eigenvalue weighted by Crippen LogP contribution is 2.28. The van der Waals surface area contributed by atoms with Crippen LogP contribution in [0.15, 0.2) is 58.2 Å². The van der Waals surface area contributed by atoms with Gasteiger partial charge in [0, 0.05) is 17.3 Å². The van der Waals surface area contributed by atoms with Crippen LogP contribution < -0.4 is 10.3 Å². The molecule has 0 radical (unpaired) electrons. The fourth-order valence-corrected chi connectivity index (χ4v) is 3.89. The molecule has 2 N–H and O–H groups in total. The summed E-state index contributed by atoms with van der Waals surface area (Å²) >= 11 is 0. The minimum Gasteiger partial charge on any atom is -0.280 e. The van der Waals surface area contributed by atoms with Crippen LogP contribution in [0.25, 0.3) is 11.3 Å². The number of rotatable bonds is 4. The molecule has 26 heavy (non-hydrogen) atoms. The lowest BCUT2D eigenvalue weighted by Gasteiger charge is -2.14. The first-order valence-corrected chi connectivity index (χ1v) is 9.20. The molecule has 0 saturated carbocycles. The van der Waals surface area contributed by atoms with Crippen molar-refractivity contribution in [3.8, 4) is 11.3 Å². The fourth-order valence-electron chi connectivity index (χ4n) is 2.49. The Morgan fingerprint density at radius 1 is 1.04 bits per heavy atom. The average molecular weight is 373 g/mol. The number of sulfonamides is 1. The van der Waals surface area contributed by atoms with Gasteiger partial charge in [-0.15, -0.1) is 0 Å². The SMILES string of the molecule is Cc1cc(-c2ccc(=O)[nH]n2)cc(S(=O)(=O)Nc2ccc(F)cc2)c1C. The first-order valence-electron chi connectivity index (χ1n) is 7.72. The number of aromatic nitrogens is 2. The van der Waals surface area contributed by atoms with Gasteiger partial charge in [-0.2, -0.15) is 5.10 Å². The Bertz CT molecular complexity index is 1100. The highest BCUT2D eigenvalue weighted by molar-refractivity contribution is 7.92. The molecule has 0 aliphatic heterocycles. The molecule has 0 aliphatic carbocycles. The molecule has 134 valence electrons. The van der Waals surface area contributed by atoms with Crippen molar-refractivity contribution < 1.29 is 12.8 Å². The standard InChI is InChI=1S/C18H16FN3O3S/c1-11-9-13(16-7-8-18(23)21-20-16)10-17(12(11)2)26(24,25)22-15-5-3-14(19)4-6-15/h3-10,22H,1-2H3,(H,21,23). The normalized spacial score (nSPS) is 11.3. The Balaban J connectivity index is 2.06. The molecule has 0 saturated heterocycles. The minimum absolute atomic E-state index is 0.0878. The summed E-state index contributed by atoms with van der Waals surface area (Å²) in [6, 6.07) is 11.2. The molecule has 0 bridgehead atoms. The molecule has 3 rings (SSSR count). The monoisotopic (exact) mass is 373 g/mol. The summed E-state index contributed by atoms with van der Waals surface area (Å²) in [4.78, 5) is 11.3. The van der Waals surface area contributed by atoms with Gasteiger partial charge in [0.1, 0.15) is 5.82 Å². The van der Waals surface area contributed by atoms with Gasteiger partial charge in [0.2, 0.25) is 0 Å². The Morgan fingerprint density at radius 3 is 2.35 bits per heavy atom. The van der Waals surface area contributed by atoms with E-state index in [1.54, 1.807) is 19.9 Å². The van der Waals surface area contributed by atoms with Crippen molar-refractivity contribution in [2.45, 2.75) is 18.7 Å². The highest BCUT2D eigenvalue weighted by Gasteiger charge is 2.20. The van der Waals surface area contributed by atoms with Crippen LogP contribution in [0.3, 0.4) is 0 Å². The molecule has 0 amide bonds. The van der Waals surface area contributed by atoms with Gasteiger partial charge < -0.3 is 0 Å². The van der Waals surface area contributed by atoms with E-state index in [1.165, 1.54) is 42.5 Å². The summed E-state index contributed by atoms with van der Waals surface area (Å²) in [5, 5.41) is 6.27. The van der Waals surface area contributed by atoms with Gasteiger partial charge in [-0.1, -0.05) is 0 Å². The van der Waals surface area contributed by atoms with E-state index in [0.29, 0.717) is 16.8 Å². The number of anilines is 1. The molecule has 0 aliphatic rings. The van der Waals surface area contributed by atoms with Crippen LogP contribution in [-0.4, -0.2) is 18.6 Å². The Kier molecular flexibility index (Phi) is 4.60. The maximum absolute atomic E-state index is 13.0. The molecule has 0 spiro atoms. The molecule has 1 heterocycles. The summed E-state index contributed by atoms with van der Waals surface area (Å²) < 4.78 is 41.1. The molecule has 0 atom stereocenters. The quantitative estimate of drug-likeness (QED) is 0.735. The largest absolute Gasteiger partial charge is 0.280 e. The zero-order valence-electron chi connectivity index (χ0n) is 14.1. The smallest absolute Gasteiger partial charge is 0.264 e. The molecular weight excluding hydrogens is 357 g/mol. The van der Waals surface area contributed by atoms with Gasteiger partial charge in [0.05, 0.1) is 10.6 Å². The highest BCUT2D eigenvalue weighted by atomic mass is 32.2. The lowest BCUT2D eigenvalue weighted by molar-refractivity contribution is 0.600. The second kappa shape index (κ2) is 6.72. The maximum atomic E-state index is 13.0. The number of hydrogen-bond donors (Lipinski definition) is 2. The van der Waals surface area contributed by atoms with Gasteiger partial charge in [-0.05, 0) is 67.4 Å². The van der Waals surface area contributed by atoms with Crippen molar-refractivity contribution in [2.24, 2.45) is 0 Å². The summed E-state index contributed by atoms with van der Waals surface area (Å²) in [7, 11) is -3.89. The van der Waals surface area contributed by atoms with Crippen molar-refractivity contribution in [3.05, 3.63) is 75.8 Å². The zero-order chi connectivity index (χ0) is 18.9. The fraction of sp³-hybridized carbons (Fsp3) is 0.111. The molecule has 0 unspecified atom stereocenters. The average Bonchev–Trinajstić information content (AvgIpc) is 2.59. The van der Waals surface area contributed by atoms with Crippen LogP contribution in [0.5, 0.6) is 0 Å². The number of benzene rings is 2. The number of hydrogen-bond acceptors (Lipinski definition) is 4.